The van der Waals surface area contributed by atoms with Crippen molar-refractivity contribution in [2.75, 3.05) is 25.0 Å². The molecule has 28 heavy (non-hydrogen) atoms. The number of hydrogen-bond donors (Lipinski definition) is 2. The lowest BCUT2D eigenvalue weighted by molar-refractivity contribution is -0.127. The average Bonchev–Trinajstić information content (AvgIpc) is 3.30. The molecule has 0 atom stereocenters. The first kappa shape index (κ1) is 18.3. The summed E-state index contributed by atoms with van der Waals surface area (Å²) in [6, 6.07) is 7.22. The van der Waals surface area contributed by atoms with Crippen LogP contribution in [0.15, 0.2) is 36.8 Å². The van der Waals surface area contributed by atoms with Gasteiger partial charge >= 0.3 is 0 Å². The van der Waals surface area contributed by atoms with Gasteiger partial charge in [0, 0.05) is 37.8 Å². The maximum Gasteiger partial charge on any atom is 0.251 e. The molecule has 4 rings (SSSR count). The number of benzene rings is 1. The quantitative estimate of drug-likeness (QED) is 0.596. The van der Waals surface area contributed by atoms with E-state index >= 15 is 0 Å². The number of amides is 2. The Morgan fingerprint density at radius 3 is 3.00 bits per heavy atom. The van der Waals surface area contributed by atoms with Gasteiger partial charge in [0.25, 0.3) is 5.91 Å². The van der Waals surface area contributed by atoms with E-state index in [9.17, 15) is 9.59 Å². The molecule has 0 unspecified atom stereocenters. The van der Waals surface area contributed by atoms with Crippen LogP contribution in [0.1, 0.15) is 29.6 Å². The summed E-state index contributed by atoms with van der Waals surface area (Å²) in [6.07, 6.45) is 5.47. The number of fused-ring (bicyclic) bond motifs is 1. The predicted molar refractivity (Wildman–Crippen MR) is 108 cm³/mol. The molecule has 2 aromatic heterocycles. The SMILES string of the molecule is O=C(NCCCN1CCCC1=O)c1ccc2nc(Nc3ccncn3)sc2c1. The molecule has 2 amide bonds. The number of anilines is 2. The standard InChI is InChI=1S/C19H20N6O2S/c26-17-3-1-9-25(17)10-2-7-21-18(27)13-4-5-14-15(11-13)28-19(23-14)24-16-6-8-20-12-22-16/h4-6,8,11-12H,1-3,7,9-10H2,(H,21,27)(H,20,22,23,24). The fraction of sp³-hybridized carbons (Fsp3) is 0.316. The Hall–Kier alpha value is -3.07. The zero-order valence-corrected chi connectivity index (χ0v) is 16.0. The van der Waals surface area contributed by atoms with Gasteiger partial charge in [0.2, 0.25) is 5.91 Å². The van der Waals surface area contributed by atoms with Crippen molar-refractivity contribution in [2.45, 2.75) is 19.3 Å². The molecule has 1 fully saturated rings. The number of hydrogen-bond acceptors (Lipinski definition) is 7. The highest BCUT2D eigenvalue weighted by Crippen LogP contribution is 2.28. The Morgan fingerprint density at radius 2 is 2.21 bits per heavy atom. The number of aromatic nitrogens is 3. The first-order chi connectivity index (χ1) is 13.7. The average molecular weight is 396 g/mol. The molecular formula is C19H20N6O2S. The van der Waals surface area contributed by atoms with E-state index in [2.05, 4.69) is 25.6 Å². The maximum absolute atomic E-state index is 12.4. The largest absolute Gasteiger partial charge is 0.352 e. The zero-order valence-electron chi connectivity index (χ0n) is 15.2. The van der Waals surface area contributed by atoms with Gasteiger partial charge in [-0.1, -0.05) is 11.3 Å². The van der Waals surface area contributed by atoms with Crippen molar-refractivity contribution >= 4 is 44.3 Å². The molecule has 0 spiro atoms. The van der Waals surface area contributed by atoms with E-state index in [0.717, 1.165) is 29.6 Å². The monoisotopic (exact) mass is 396 g/mol. The van der Waals surface area contributed by atoms with Crippen molar-refractivity contribution in [3.05, 3.63) is 42.4 Å². The van der Waals surface area contributed by atoms with Crippen molar-refractivity contribution < 1.29 is 9.59 Å². The fourth-order valence-corrected chi connectivity index (χ4v) is 4.02. The molecule has 1 saturated heterocycles. The van der Waals surface area contributed by atoms with E-state index in [0.29, 0.717) is 36.0 Å². The summed E-state index contributed by atoms with van der Waals surface area (Å²) in [7, 11) is 0. The first-order valence-corrected chi connectivity index (χ1v) is 10.0. The minimum absolute atomic E-state index is 0.117. The third-order valence-corrected chi connectivity index (χ3v) is 5.46. The van der Waals surface area contributed by atoms with E-state index in [4.69, 9.17) is 0 Å². The first-order valence-electron chi connectivity index (χ1n) is 9.19. The van der Waals surface area contributed by atoms with E-state index < -0.39 is 0 Å². The van der Waals surface area contributed by atoms with Gasteiger partial charge in [0.15, 0.2) is 5.13 Å². The van der Waals surface area contributed by atoms with E-state index in [1.165, 1.54) is 17.7 Å². The summed E-state index contributed by atoms with van der Waals surface area (Å²) in [4.78, 5) is 38.4. The van der Waals surface area contributed by atoms with Gasteiger partial charge in [-0.25, -0.2) is 15.0 Å². The number of nitrogens with zero attached hydrogens (tertiary/aromatic N) is 4. The van der Waals surface area contributed by atoms with Crippen molar-refractivity contribution in [1.29, 1.82) is 0 Å². The maximum atomic E-state index is 12.4. The van der Waals surface area contributed by atoms with Crippen molar-refractivity contribution in [3.63, 3.8) is 0 Å². The lowest BCUT2D eigenvalue weighted by Gasteiger charge is -2.15. The molecular weight excluding hydrogens is 376 g/mol. The number of likely N-dealkylation sites (tertiary alicyclic amines) is 1. The van der Waals surface area contributed by atoms with Crippen LogP contribution in [0, 0.1) is 0 Å². The number of carbonyl (C=O) groups is 2. The van der Waals surface area contributed by atoms with Gasteiger partial charge < -0.3 is 15.5 Å². The molecule has 1 aromatic carbocycles. The number of nitrogens with one attached hydrogen (secondary N) is 2. The molecule has 1 aliphatic heterocycles. The van der Waals surface area contributed by atoms with Gasteiger partial charge in [0.1, 0.15) is 12.1 Å². The third kappa shape index (κ3) is 4.25. The predicted octanol–water partition coefficient (Wildman–Crippen LogP) is 2.57. The van der Waals surface area contributed by atoms with Crippen LogP contribution in [-0.4, -0.2) is 51.3 Å². The molecule has 3 heterocycles. The lowest BCUT2D eigenvalue weighted by Crippen LogP contribution is -2.30. The molecule has 8 nitrogen and oxygen atoms in total. The second-order valence-electron chi connectivity index (χ2n) is 6.51. The van der Waals surface area contributed by atoms with Gasteiger partial charge in [-0.05, 0) is 37.1 Å². The molecule has 3 aromatic rings. The summed E-state index contributed by atoms with van der Waals surface area (Å²) < 4.78 is 0.923. The van der Waals surface area contributed by atoms with Gasteiger partial charge in [-0.15, -0.1) is 0 Å². The molecule has 0 aliphatic carbocycles. The Kier molecular flexibility index (Phi) is 5.43. The topological polar surface area (TPSA) is 100 Å². The minimum atomic E-state index is -0.117. The van der Waals surface area contributed by atoms with Gasteiger partial charge in [0.05, 0.1) is 10.2 Å². The summed E-state index contributed by atoms with van der Waals surface area (Å²) in [5.74, 6) is 0.769. The van der Waals surface area contributed by atoms with Crippen molar-refractivity contribution in [2.24, 2.45) is 0 Å². The lowest BCUT2D eigenvalue weighted by atomic mass is 10.2. The van der Waals surface area contributed by atoms with Crippen LogP contribution in [0.5, 0.6) is 0 Å². The summed E-state index contributed by atoms with van der Waals surface area (Å²) in [6.45, 7) is 2.08. The van der Waals surface area contributed by atoms with Crippen LogP contribution in [-0.2, 0) is 4.79 Å². The van der Waals surface area contributed by atoms with E-state index in [1.54, 1.807) is 18.3 Å². The van der Waals surface area contributed by atoms with Gasteiger partial charge in [-0.2, -0.15) is 0 Å². The molecule has 0 saturated carbocycles. The van der Waals surface area contributed by atoms with Crippen molar-refractivity contribution in [1.82, 2.24) is 25.2 Å². The molecule has 144 valence electrons. The molecule has 0 radical (unpaired) electrons. The number of rotatable bonds is 7. The fourth-order valence-electron chi connectivity index (χ4n) is 3.11. The highest BCUT2D eigenvalue weighted by atomic mass is 32.1. The Bertz CT molecular complexity index is 991. The molecule has 2 N–H and O–H groups in total. The summed E-state index contributed by atoms with van der Waals surface area (Å²) >= 11 is 1.46. The van der Waals surface area contributed by atoms with Crippen LogP contribution in [0.2, 0.25) is 0 Å². The second-order valence-corrected chi connectivity index (χ2v) is 7.55. The molecule has 1 aliphatic rings. The highest BCUT2D eigenvalue weighted by Gasteiger charge is 2.19. The second kappa shape index (κ2) is 8.30. The van der Waals surface area contributed by atoms with Gasteiger partial charge in [-0.3, -0.25) is 9.59 Å². The Balaban J connectivity index is 1.34. The van der Waals surface area contributed by atoms with Crippen LogP contribution in [0.4, 0.5) is 10.9 Å². The van der Waals surface area contributed by atoms with Crippen LogP contribution < -0.4 is 10.6 Å². The molecule has 9 heteroatoms. The Labute approximate surface area is 166 Å². The Morgan fingerprint density at radius 1 is 1.29 bits per heavy atom. The van der Waals surface area contributed by atoms with Crippen LogP contribution >= 0.6 is 11.3 Å². The summed E-state index contributed by atoms with van der Waals surface area (Å²) in [5.41, 5.74) is 1.42. The minimum Gasteiger partial charge on any atom is -0.352 e. The van der Waals surface area contributed by atoms with Crippen molar-refractivity contribution in [3.8, 4) is 0 Å². The summed E-state index contributed by atoms with van der Waals surface area (Å²) in [5, 5.41) is 6.77. The third-order valence-electron chi connectivity index (χ3n) is 4.53. The highest BCUT2D eigenvalue weighted by molar-refractivity contribution is 7.22. The smallest absolute Gasteiger partial charge is 0.251 e. The van der Waals surface area contributed by atoms with Crippen LogP contribution in [0.25, 0.3) is 10.2 Å². The number of thiazole rings is 1. The normalized spacial score (nSPS) is 13.9. The zero-order chi connectivity index (χ0) is 19.3. The van der Waals surface area contributed by atoms with E-state index in [1.807, 2.05) is 17.0 Å². The number of carbonyl (C=O) groups excluding carboxylic acids is 2. The molecule has 0 bridgehead atoms. The van der Waals surface area contributed by atoms with Crippen LogP contribution in [0.3, 0.4) is 0 Å². The van der Waals surface area contributed by atoms with E-state index in [-0.39, 0.29) is 11.8 Å².